The first kappa shape index (κ1) is 9.46. The number of rotatable bonds is 1. The van der Waals surface area contributed by atoms with Gasteiger partial charge in [-0.1, -0.05) is 34.1 Å². The Balaban J connectivity index is 2.59. The Bertz CT molecular complexity index is 421. The predicted molar refractivity (Wildman–Crippen MR) is 58.1 cm³/mol. The summed E-state index contributed by atoms with van der Waals surface area (Å²) in [7, 11) is 0. The van der Waals surface area contributed by atoms with Gasteiger partial charge in [0.1, 0.15) is 0 Å². The normalized spacial score (nSPS) is 14.5. The molecule has 0 radical (unpaired) electrons. The molecule has 0 bridgehead atoms. The molecule has 0 fully saturated rings. The van der Waals surface area contributed by atoms with Crippen LogP contribution in [0.1, 0.15) is 17.5 Å². The van der Waals surface area contributed by atoms with Gasteiger partial charge in [0.05, 0.1) is 5.57 Å². The van der Waals surface area contributed by atoms with Crippen LogP contribution in [0.15, 0.2) is 28.7 Å². The summed E-state index contributed by atoms with van der Waals surface area (Å²) >= 11 is 3.44. The third-order valence-corrected chi connectivity index (χ3v) is 3.13. The lowest BCUT2D eigenvalue weighted by molar-refractivity contribution is -0.130. The zero-order valence-corrected chi connectivity index (χ0v) is 9.04. The van der Waals surface area contributed by atoms with E-state index in [4.69, 9.17) is 5.11 Å². The lowest BCUT2D eigenvalue weighted by atomic mass is 9.91. The first-order valence-electron chi connectivity index (χ1n) is 4.41. The van der Waals surface area contributed by atoms with Crippen LogP contribution in [-0.4, -0.2) is 11.1 Å². The van der Waals surface area contributed by atoms with Crippen LogP contribution in [0.3, 0.4) is 0 Å². The number of benzene rings is 1. The Morgan fingerprint density at radius 2 is 2.21 bits per heavy atom. The molecule has 1 aromatic rings. The average Bonchev–Trinajstić information content (AvgIpc) is 2.17. The highest BCUT2D eigenvalue weighted by molar-refractivity contribution is 9.10. The Labute approximate surface area is 90.4 Å². The number of halogens is 1. The van der Waals surface area contributed by atoms with Crippen molar-refractivity contribution in [1.82, 2.24) is 0 Å². The second-order valence-corrected chi connectivity index (χ2v) is 4.08. The third-order valence-electron chi connectivity index (χ3n) is 2.38. The summed E-state index contributed by atoms with van der Waals surface area (Å²) in [6.45, 7) is 0. The number of carbonyl (C=O) groups is 1. The topological polar surface area (TPSA) is 37.3 Å². The minimum atomic E-state index is -0.843. The molecule has 0 heterocycles. The van der Waals surface area contributed by atoms with Gasteiger partial charge in [-0.05, 0) is 30.0 Å². The smallest absolute Gasteiger partial charge is 0.335 e. The number of hydrogen-bond donors (Lipinski definition) is 1. The van der Waals surface area contributed by atoms with E-state index in [0.717, 1.165) is 28.4 Å². The fraction of sp³-hybridized carbons (Fsp3) is 0.182. The standard InChI is InChI=1S/C11H9BrO2/c12-10-6-2-3-7-8(10)4-1-5-9(7)11(13)14/h2-3,5-6H,1,4H2,(H,13,14). The number of hydrogen-bond acceptors (Lipinski definition) is 1. The molecule has 0 spiro atoms. The van der Waals surface area contributed by atoms with Crippen molar-refractivity contribution in [3.63, 3.8) is 0 Å². The van der Waals surface area contributed by atoms with E-state index in [2.05, 4.69) is 15.9 Å². The molecule has 0 saturated carbocycles. The molecular weight excluding hydrogens is 244 g/mol. The van der Waals surface area contributed by atoms with Crippen LogP contribution < -0.4 is 0 Å². The van der Waals surface area contributed by atoms with E-state index in [9.17, 15) is 4.79 Å². The van der Waals surface area contributed by atoms with Gasteiger partial charge in [0, 0.05) is 4.47 Å². The van der Waals surface area contributed by atoms with Crippen molar-refractivity contribution in [3.05, 3.63) is 39.9 Å². The Kier molecular flexibility index (Phi) is 2.42. The molecule has 0 saturated heterocycles. The zero-order valence-electron chi connectivity index (χ0n) is 7.46. The number of carboxylic acids is 1. The van der Waals surface area contributed by atoms with Gasteiger partial charge in [-0.3, -0.25) is 0 Å². The molecule has 0 aliphatic heterocycles. The molecule has 1 N–H and O–H groups in total. The number of fused-ring (bicyclic) bond motifs is 1. The maximum absolute atomic E-state index is 10.9. The predicted octanol–water partition coefficient (Wildman–Crippen LogP) is 2.86. The lowest BCUT2D eigenvalue weighted by Crippen LogP contribution is -2.07. The zero-order chi connectivity index (χ0) is 10.1. The van der Waals surface area contributed by atoms with E-state index in [1.165, 1.54) is 0 Å². The molecule has 14 heavy (non-hydrogen) atoms. The van der Waals surface area contributed by atoms with E-state index in [0.29, 0.717) is 5.57 Å². The molecule has 0 aromatic heterocycles. The monoisotopic (exact) mass is 252 g/mol. The fourth-order valence-corrected chi connectivity index (χ4v) is 2.30. The van der Waals surface area contributed by atoms with Gasteiger partial charge in [-0.2, -0.15) is 0 Å². The number of allylic oxidation sites excluding steroid dienone is 1. The summed E-state index contributed by atoms with van der Waals surface area (Å²) in [6.07, 6.45) is 3.50. The van der Waals surface area contributed by atoms with Gasteiger partial charge >= 0.3 is 5.97 Å². The molecule has 0 unspecified atom stereocenters. The molecule has 1 aliphatic carbocycles. The van der Waals surface area contributed by atoms with Gasteiger partial charge in [-0.15, -0.1) is 0 Å². The van der Waals surface area contributed by atoms with Crippen molar-refractivity contribution < 1.29 is 9.90 Å². The van der Waals surface area contributed by atoms with Crippen molar-refractivity contribution in [2.75, 3.05) is 0 Å². The molecule has 2 rings (SSSR count). The summed E-state index contributed by atoms with van der Waals surface area (Å²) in [5, 5.41) is 8.99. The summed E-state index contributed by atoms with van der Waals surface area (Å²) in [5.74, 6) is -0.843. The maximum Gasteiger partial charge on any atom is 0.335 e. The van der Waals surface area contributed by atoms with E-state index < -0.39 is 5.97 Å². The third kappa shape index (κ3) is 1.48. The number of carboxylic acid groups (broad SMARTS) is 1. The summed E-state index contributed by atoms with van der Waals surface area (Å²) in [4.78, 5) is 10.9. The fourth-order valence-electron chi connectivity index (χ4n) is 1.74. The molecule has 72 valence electrons. The largest absolute Gasteiger partial charge is 0.478 e. The van der Waals surface area contributed by atoms with E-state index in [1.807, 2.05) is 18.2 Å². The Morgan fingerprint density at radius 3 is 2.93 bits per heavy atom. The summed E-state index contributed by atoms with van der Waals surface area (Å²) in [6, 6.07) is 5.67. The number of aliphatic carboxylic acids is 1. The van der Waals surface area contributed by atoms with E-state index in [-0.39, 0.29) is 0 Å². The van der Waals surface area contributed by atoms with Gasteiger partial charge < -0.3 is 5.11 Å². The van der Waals surface area contributed by atoms with Crippen LogP contribution in [0.2, 0.25) is 0 Å². The van der Waals surface area contributed by atoms with Gasteiger partial charge in [0.15, 0.2) is 0 Å². The quantitative estimate of drug-likeness (QED) is 0.835. The van der Waals surface area contributed by atoms with Gasteiger partial charge in [-0.25, -0.2) is 4.79 Å². The highest BCUT2D eigenvalue weighted by Gasteiger charge is 2.18. The van der Waals surface area contributed by atoms with Crippen LogP contribution in [-0.2, 0) is 11.2 Å². The second-order valence-electron chi connectivity index (χ2n) is 3.23. The Hall–Kier alpha value is -1.09. The van der Waals surface area contributed by atoms with Crippen LogP contribution in [0.4, 0.5) is 0 Å². The SMILES string of the molecule is O=C(O)C1=CCCc2c(Br)cccc21. The van der Waals surface area contributed by atoms with Crippen molar-refractivity contribution in [1.29, 1.82) is 0 Å². The molecule has 0 amide bonds. The van der Waals surface area contributed by atoms with Crippen LogP contribution in [0.25, 0.3) is 5.57 Å². The molecular formula is C11H9BrO2. The van der Waals surface area contributed by atoms with Crippen LogP contribution in [0, 0.1) is 0 Å². The average molecular weight is 253 g/mol. The summed E-state index contributed by atoms with van der Waals surface area (Å²) in [5.41, 5.74) is 2.37. The van der Waals surface area contributed by atoms with E-state index in [1.54, 1.807) is 6.08 Å². The van der Waals surface area contributed by atoms with Crippen LogP contribution >= 0.6 is 15.9 Å². The van der Waals surface area contributed by atoms with Crippen molar-refractivity contribution in [3.8, 4) is 0 Å². The van der Waals surface area contributed by atoms with Gasteiger partial charge in [0.2, 0.25) is 0 Å². The molecule has 0 atom stereocenters. The van der Waals surface area contributed by atoms with Crippen molar-refractivity contribution in [2.45, 2.75) is 12.8 Å². The lowest BCUT2D eigenvalue weighted by Gasteiger charge is -2.16. The minimum Gasteiger partial charge on any atom is -0.478 e. The van der Waals surface area contributed by atoms with E-state index >= 15 is 0 Å². The summed E-state index contributed by atoms with van der Waals surface area (Å²) < 4.78 is 1.00. The van der Waals surface area contributed by atoms with Crippen molar-refractivity contribution >= 4 is 27.5 Å². The first-order chi connectivity index (χ1) is 6.70. The molecule has 3 heteroatoms. The molecule has 2 nitrogen and oxygen atoms in total. The first-order valence-corrected chi connectivity index (χ1v) is 5.20. The molecule has 1 aromatic carbocycles. The van der Waals surface area contributed by atoms with Gasteiger partial charge in [0.25, 0.3) is 0 Å². The maximum atomic E-state index is 10.9. The Morgan fingerprint density at radius 1 is 1.43 bits per heavy atom. The molecule has 1 aliphatic rings. The van der Waals surface area contributed by atoms with Crippen LogP contribution in [0.5, 0.6) is 0 Å². The van der Waals surface area contributed by atoms with Crippen molar-refractivity contribution in [2.24, 2.45) is 0 Å². The minimum absolute atomic E-state index is 0.424. The highest BCUT2D eigenvalue weighted by Crippen LogP contribution is 2.31. The second kappa shape index (κ2) is 3.58. The highest BCUT2D eigenvalue weighted by atomic mass is 79.9.